The Morgan fingerprint density at radius 3 is 1.77 bits per heavy atom. The second kappa shape index (κ2) is 14.2. The highest BCUT2D eigenvalue weighted by atomic mass is 32.2. The lowest BCUT2D eigenvalue weighted by Gasteiger charge is -2.35. The predicted octanol–water partition coefficient (Wildman–Crippen LogP) is 5.90. The number of amides is 2. The summed E-state index contributed by atoms with van der Waals surface area (Å²) in [6.07, 6.45) is 1.66. The van der Waals surface area contributed by atoms with Crippen LogP contribution in [0.5, 0.6) is 0 Å². The molecule has 1 fully saturated rings. The zero-order valence-corrected chi connectivity index (χ0v) is 24.8. The van der Waals surface area contributed by atoms with E-state index in [0.29, 0.717) is 25.1 Å². The lowest BCUT2D eigenvalue weighted by molar-refractivity contribution is -0.143. The highest BCUT2D eigenvalue weighted by molar-refractivity contribution is 8.00. The maximum absolute atomic E-state index is 13.6. The second-order valence-corrected chi connectivity index (χ2v) is 12.0. The van der Waals surface area contributed by atoms with Crippen molar-refractivity contribution >= 4 is 29.5 Å². The van der Waals surface area contributed by atoms with Crippen molar-refractivity contribution in [3.63, 3.8) is 0 Å². The number of benzene rings is 4. The topological polar surface area (TPSA) is 86.7 Å². The molecular formula is C36H36N2O4S. The quantitative estimate of drug-likeness (QED) is 0.200. The largest absolute Gasteiger partial charge is 0.480 e. The Labute approximate surface area is 257 Å². The Morgan fingerprint density at radius 2 is 1.28 bits per heavy atom. The number of aliphatic carboxylic acids is 1. The summed E-state index contributed by atoms with van der Waals surface area (Å²) in [5.41, 5.74) is 4.20. The molecule has 0 aliphatic carbocycles. The monoisotopic (exact) mass is 592 g/mol. The third-order valence-electron chi connectivity index (χ3n) is 7.95. The molecule has 0 radical (unpaired) electrons. The minimum atomic E-state index is -1.09. The summed E-state index contributed by atoms with van der Waals surface area (Å²) in [7, 11) is 0. The van der Waals surface area contributed by atoms with Crippen LogP contribution in [-0.4, -0.2) is 52.2 Å². The van der Waals surface area contributed by atoms with Crippen LogP contribution in [0.1, 0.15) is 41.5 Å². The number of carboxylic acids is 1. The SMILES string of the molecule is O=C(O)C(Cc1ccccc1)NC(=O)[C@@H]1CCCN1C(=O)CCSC(c1ccccc1)(c1ccccc1)c1ccccc1. The van der Waals surface area contributed by atoms with Gasteiger partial charge in [-0.05, 0) is 35.1 Å². The fourth-order valence-electron chi connectivity index (χ4n) is 5.86. The van der Waals surface area contributed by atoms with Gasteiger partial charge in [0.25, 0.3) is 0 Å². The molecule has 0 bridgehead atoms. The van der Waals surface area contributed by atoms with Gasteiger partial charge in [-0.1, -0.05) is 121 Å². The van der Waals surface area contributed by atoms with E-state index in [0.717, 1.165) is 22.3 Å². The van der Waals surface area contributed by atoms with Crippen LogP contribution in [0, 0.1) is 0 Å². The zero-order valence-electron chi connectivity index (χ0n) is 24.0. The fraction of sp³-hybridized carbons (Fsp3) is 0.250. The number of likely N-dealkylation sites (tertiary alicyclic amines) is 1. The molecule has 2 atom stereocenters. The van der Waals surface area contributed by atoms with E-state index >= 15 is 0 Å². The molecule has 1 aliphatic heterocycles. The van der Waals surface area contributed by atoms with E-state index in [-0.39, 0.29) is 18.7 Å². The Balaban J connectivity index is 1.31. The van der Waals surface area contributed by atoms with Crippen LogP contribution in [0.25, 0.3) is 0 Å². The van der Waals surface area contributed by atoms with E-state index < -0.39 is 28.7 Å². The van der Waals surface area contributed by atoms with Crippen molar-refractivity contribution < 1.29 is 19.5 Å². The highest BCUT2D eigenvalue weighted by Crippen LogP contribution is 2.48. The fourth-order valence-corrected chi connectivity index (χ4v) is 7.35. The van der Waals surface area contributed by atoms with Crippen LogP contribution in [0.3, 0.4) is 0 Å². The number of nitrogens with zero attached hydrogens (tertiary/aromatic N) is 1. The number of hydrogen-bond donors (Lipinski definition) is 2. The first-order valence-electron chi connectivity index (χ1n) is 14.7. The first kappa shape index (κ1) is 30.1. The van der Waals surface area contributed by atoms with Gasteiger partial charge in [-0.15, -0.1) is 11.8 Å². The van der Waals surface area contributed by atoms with Gasteiger partial charge in [-0.2, -0.15) is 0 Å². The molecule has 43 heavy (non-hydrogen) atoms. The van der Waals surface area contributed by atoms with E-state index in [2.05, 4.69) is 41.7 Å². The van der Waals surface area contributed by atoms with Crippen LogP contribution in [-0.2, 0) is 25.6 Å². The third-order valence-corrected chi connectivity index (χ3v) is 9.50. The van der Waals surface area contributed by atoms with Crippen molar-refractivity contribution in [3.8, 4) is 0 Å². The van der Waals surface area contributed by atoms with Crippen molar-refractivity contribution in [1.82, 2.24) is 10.2 Å². The summed E-state index contributed by atoms with van der Waals surface area (Å²) in [6.45, 7) is 0.485. The van der Waals surface area contributed by atoms with E-state index in [9.17, 15) is 19.5 Å². The molecule has 1 saturated heterocycles. The van der Waals surface area contributed by atoms with E-state index in [1.807, 2.05) is 84.9 Å². The van der Waals surface area contributed by atoms with Crippen molar-refractivity contribution in [2.45, 2.75) is 42.5 Å². The number of hydrogen-bond acceptors (Lipinski definition) is 4. The number of carbonyl (C=O) groups excluding carboxylic acids is 2. The molecule has 6 nitrogen and oxygen atoms in total. The zero-order chi connectivity index (χ0) is 30.1. The molecule has 1 heterocycles. The second-order valence-electron chi connectivity index (χ2n) is 10.7. The molecule has 2 N–H and O–H groups in total. The predicted molar refractivity (Wildman–Crippen MR) is 171 cm³/mol. The summed E-state index contributed by atoms with van der Waals surface area (Å²) >= 11 is 1.72. The van der Waals surface area contributed by atoms with Gasteiger partial charge >= 0.3 is 5.97 Å². The average molecular weight is 593 g/mol. The van der Waals surface area contributed by atoms with E-state index in [1.165, 1.54) is 0 Å². The first-order valence-corrected chi connectivity index (χ1v) is 15.6. The normalized spacial score (nSPS) is 15.5. The summed E-state index contributed by atoms with van der Waals surface area (Å²) < 4.78 is -0.530. The minimum absolute atomic E-state index is 0.0943. The molecule has 4 aromatic carbocycles. The number of thioether (sulfide) groups is 1. The summed E-state index contributed by atoms with van der Waals surface area (Å²) in [5, 5.41) is 12.5. The maximum Gasteiger partial charge on any atom is 0.326 e. The number of carbonyl (C=O) groups is 3. The van der Waals surface area contributed by atoms with Crippen LogP contribution < -0.4 is 5.32 Å². The highest BCUT2D eigenvalue weighted by Gasteiger charge is 2.39. The summed E-state index contributed by atoms with van der Waals surface area (Å²) in [6, 6.07) is 38.5. The van der Waals surface area contributed by atoms with Gasteiger partial charge in [0.2, 0.25) is 11.8 Å². The molecule has 0 saturated carbocycles. The minimum Gasteiger partial charge on any atom is -0.480 e. The van der Waals surface area contributed by atoms with Gasteiger partial charge in [0.15, 0.2) is 0 Å². The Morgan fingerprint density at radius 1 is 0.791 bits per heavy atom. The van der Waals surface area contributed by atoms with Crippen LogP contribution in [0.4, 0.5) is 0 Å². The molecule has 5 rings (SSSR count). The molecule has 1 aliphatic rings. The lowest BCUT2D eigenvalue weighted by atomic mass is 9.84. The van der Waals surface area contributed by atoms with Crippen molar-refractivity contribution in [1.29, 1.82) is 0 Å². The van der Waals surface area contributed by atoms with Crippen LogP contribution >= 0.6 is 11.8 Å². The van der Waals surface area contributed by atoms with Crippen LogP contribution in [0.15, 0.2) is 121 Å². The Bertz CT molecular complexity index is 1400. The Kier molecular flexibility index (Phi) is 9.95. The van der Waals surface area contributed by atoms with Gasteiger partial charge in [0, 0.05) is 25.1 Å². The van der Waals surface area contributed by atoms with Gasteiger partial charge in [0.1, 0.15) is 12.1 Å². The molecule has 4 aromatic rings. The van der Waals surface area contributed by atoms with Gasteiger partial charge in [-0.25, -0.2) is 4.79 Å². The molecule has 0 aromatic heterocycles. The molecule has 1 unspecified atom stereocenters. The molecule has 7 heteroatoms. The van der Waals surface area contributed by atoms with Crippen molar-refractivity contribution in [3.05, 3.63) is 144 Å². The number of nitrogens with one attached hydrogen (secondary N) is 1. The number of rotatable bonds is 12. The van der Waals surface area contributed by atoms with Crippen molar-refractivity contribution in [2.75, 3.05) is 12.3 Å². The maximum atomic E-state index is 13.6. The molecule has 2 amide bonds. The summed E-state index contributed by atoms with van der Waals surface area (Å²) in [4.78, 5) is 40.5. The standard InChI is InChI=1S/C36H36N2O4S/c39-33(38-24-13-22-32(38)34(40)37-31(35(41)42)26-27-14-5-1-6-15-27)23-25-43-36(28-16-7-2-8-17-28,29-18-9-3-10-19-29)30-20-11-4-12-21-30/h1-12,14-21,31-32H,13,22-26H2,(H,37,40)(H,41,42)/t31?,32-/m0/s1. The van der Waals surface area contributed by atoms with Gasteiger partial charge < -0.3 is 15.3 Å². The summed E-state index contributed by atoms with van der Waals surface area (Å²) in [5.74, 6) is -1.06. The third kappa shape index (κ3) is 7.00. The molecule has 220 valence electrons. The van der Waals surface area contributed by atoms with Crippen LogP contribution in [0.2, 0.25) is 0 Å². The lowest BCUT2D eigenvalue weighted by Crippen LogP contribution is -2.51. The first-order chi connectivity index (χ1) is 21.0. The number of carboxylic acid groups (broad SMARTS) is 1. The Hall–Kier alpha value is -4.36. The van der Waals surface area contributed by atoms with Gasteiger partial charge in [0.05, 0.1) is 4.75 Å². The average Bonchev–Trinajstić information content (AvgIpc) is 3.55. The van der Waals surface area contributed by atoms with Gasteiger partial charge in [-0.3, -0.25) is 9.59 Å². The van der Waals surface area contributed by atoms with E-state index in [1.54, 1.807) is 16.7 Å². The molecular weight excluding hydrogens is 556 g/mol. The van der Waals surface area contributed by atoms with Crippen molar-refractivity contribution in [2.24, 2.45) is 0 Å². The molecule has 0 spiro atoms. The van der Waals surface area contributed by atoms with E-state index in [4.69, 9.17) is 0 Å². The smallest absolute Gasteiger partial charge is 0.326 e.